The van der Waals surface area contributed by atoms with Crippen LogP contribution in [0.25, 0.3) is 5.57 Å². The molecule has 0 radical (unpaired) electrons. The molecule has 0 aromatic heterocycles. The summed E-state index contributed by atoms with van der Waals surface area (Å²) >= 11 is 6.07. The topological polar surface area (TPSA) is 40.6 Å². The Balaban J connectivity index is 1.84. The third-order valence-corrected chi connectivity index (χ3v) is 6.38. The van der Waals surface area contributed by atoms with Gasteiger partial charge in [-0.1, -0.05) is 43.6 Å². The standard InChI is InChI=1S/C25H27ClN2O2/c1-15-11-16(2)14-27(13-15)23-22(19-6-8-20(26)9-7-19)24(29)28(25(23)30)21-10-5-17(3)18(4)12-21/h5-10,12,15-16H,11,13-14H2,1-4H3. The molecule has 0 aliphatic carbocycles. The van der Waals surface area contributed by atoms with Gasteiger partial charge in [-0.3, -0.25) is 9.59 Å². The van der Waals surface area contributed by atoms with E-state index in [0.29, 0.717) is 33.8 Å². The highest BCUT2D eigenvalue weighted by molar-refractivity contribution is 6.45. The van der Waals surface area contributed by atoms with E-state index in [-0.39, 0.29) is 11.8 Å². The van der Waals surface area contributed by atoms with Gasteiger partial charge in [-0.25, -0.2) is 4.90 Å². The third-order valence-electron chi connectivity index (χ3n) is 6.13. The van der Waals surface area contributed by atoms with Gasteiger partial charge < -0.3 is 4.90 Å². The summed E-state index contributed by atoms with van der Waals surface area (Å²) in [6, 6.07) is 12.9. The Labute approximate surface area is 183 Å². The van der Waals surface area contributed by atoms with Gasteiger partial charge in [0.05, 0.1) is 11.3 Å². The second-order valence-corrected chi connectivity index (χ2v) is 9.23. The molecule has 1 fully saturated rings. The number of benzene rings is 2. The molecular weight excluding hydrogens is 396 g/mol. The summed E-state index contributed by atoms with van der Waals surface area (Å²) in [6.07, 6.45) is 1.13. The van der Waals surface area contributed by atoms with E-state index in [1.54, 1.807) is 12.1 Å². The lowest BCUT2D eigenvalue weighted by Crippen LogP contribution is -2.42. The van der Waals surface area contributed by atoms with Crippen molar-refractivity contribution < 1.29 is 9.59 Å². The number of amides is 2. The van der Waals surface area contributed by atoms with Crippen LogP contribution in [0.5, 0.6) is 0 Å². The van der Waals surface area contributed by atoms with Crippen LogP contribution >= 0.6 is 11.6 Å². The number of carbonyl (C=O) groups excluding carboxylic acids is 2. The van der Waals surface area contributed by atoms with Crippen LogP contribution in [0.4, 0.5) is 5.69 Å². The number of anilines is 1. The van der Waals surface area contributed by atoms with Crippen LogP contribution in [-0.2, 0) is 9.59 Å². The minimum absolute atomic E-state index is 0.241. The number of aryl methyl sites for hydroxylation is 2. The second-order valence-electron chi connectivity index (χ2n) is 8.80. The molecule has 4 rings (SSSR count). The van der Waals surface area contributed by atoms with Crippen LogP contribution in [0.2, 0.25) is 5.02 Å². The average Bonchev–Trinajstić information content (AvgIpc) is 2.94. The van der Waals surface area contributed by atoms with Gasteiger partial charge in [-0.2, -0.15) is 0 Å². The van der Waals surface area contributed by atoms with Gasteiger partial charge in [0, 0.05) is 18.1 Å². The van der Waals surface area contributed by atoms with E-state index in [2.05, 4.69) is 18.7 Å². The maximum absolute atomic E-state index is 13.7. The first-order chi connectivity index (χ1) is 14.3. The first-order valence-corrected chi connectivity index (χ1v) is 10.8. The van der Waals surface area contributed by atoms with Crippen molar-refractivity contribution in [1.29, 1.82) is 0 Å². The van der Waals surface area contributed by atoms with E-state index in [0.717, 1.165) is 36.2 Å². The summed E-state index contributed by atoms with van der Waals surface area (Å²) in [5.41, 5.74) is 4.50. The number of nitrogens with zero attached hydrogens (tertiary/aromatic N) is 2. The number of hydrogen-bond acceptors (Lipinski definition) is 3. The SMILES string of the molecule is Cc1ccc(N2C(=O)C(c3ccc(Cl)cc3)=C(N3CC(C)CC(C)C3)C2=O)cc1C. The predicted molar refractivity (Wildman–Crippen MR) is 121 cm³/mol. The van der Waals surface area contributed by atoms with Crippen molar-refractivity contribution >= 4 is 34.7 Å². The molecule has 2 amide bonds. The van der Waals surface area contributed by atoms with Crippen LogP contribution in [0, 0.1) is 25.7 Å². The molecule has 0 bridgehead atoms. The van der Waals surface area contributed by atoms with Gasteiger partial charge in [-0.05, 0) is 73.1 Å². The van der Waals surface area contributed by atoms with Crippen molar-refractivity contribution in [3.63, 3.8) is 0 Å². The van der Waals surface area contributed by atoms with Crippen LogP contribution < -0.4 is 4.90 Å². The number of piperidine rings is 1. The monoisotopic (exact) mass is 422 g/mol. The Morgan fingerprint density at radius 3 is 2.10 bits per heavy atom. The lowest BCUT2D eigenvalue weighted by molar-refractivity contribution is -0.120. The van der Waals surface area contributed by atoms with E-state index >= 15 is 0 Å². The normalized spacial score (nSPS) is 22.3. The smallest absolute Gasteiger partial charge is 0.282 e. The highest BCUT2D eigenvalue weighted by Crippen LogP contribution is 2.37. The molecule has 2 unspecified atom stereocenters. The molecule has 2 aromatic rings. The maximum Gasteiger partial charge on any atom is 0.282 e. The van der Waals surface area contributed by atoms with E-state index < -0.39 is 0 Å². The van der Waals surface area contributed by atoms with Gasteiger partial charge in [0.2, 0.25) is 0 Å². The molecule has 2 heterocycles. The number of carbonyl (C=O) groups is 2. The summed E-state index contributed by atoms with van der Waals surface area (Å²) in [5.74, 6) is 0.415. The summed E-state index contributed by atoms with van der Waals surface area (Å²) in [7, 11) is 0. The number of likely N-dealkylation sites (tertiary alicyclic amines) is 1. The molecule has 2 aliphatic rings. The minimum atomic E-state index is -0.272. The fourth-order valence-corrected chi connectivity index (χ4v) is 4.76. The summed E-state index contributed by atoms with van der Waals surface area (Å²) < 4.78 is 0. The van der Waals surface area contributed by atoms with Crippen LogP contribution in [0.15, 0.2) is 48.2 Å². The van der Waals surface area contributed by atoms with Crippen molar-refractivity contribution in [2.45, 2.75) is 34.1 Å². The zero-order chi connectivity index (χ0) is 21.6. The molecule has 5 heteroatoms. The molecule has 30 heavy (non-hydrogen) atoms. The van der Waals surface area contributed by atoms with Crippen molar-refractivity contribution in [1.82, 2.24) is 4.90 Å². The zero-order valence-corrected chi connectivity index (χ0v) is 18.7. The lowest BCUT2D eigenvalue weighted by Gasteiger charge is -2.37. The molecule has 1 saturated heterocycles. The second kappa shape index (κ2) is 7.92. The number of hydrogen-bond donors (Lipinski definition) is 0. The highest BCUT2D eigenvalue weighted by Gasteiger charge is 2.43. The first kappa shape index (κ1) is 20.7. The number of imide groups is 1. The van der Waals surface area contributed by atoms with Gasteiger partial charge >= 0.3 is 0 Å². The molecule has 0 N–H and O–H groups in total. The summed E-state index contributed by atoms with van der Waals surface area (Å²) in [4.78, 5) is 30.7. The van der Waals surface area contributed by atoms with Gasteiger partial charge in [0.25, 0.3) is 11.8 Å². The fraction of sp³-hybridized carbons (Fsp3) is 0.360. The number of halogens is 1. The molecule has 4 nitrogen and oxygen atoms in total. The Morgan fingerprint density at radius 1 is 0.867 bits per heavy atom. The van der Waals surface area contributed by atoms with Crippen molar-refractivity contribution in [2.24, 2.45) is 11.8 Å². The largest absolute Gasteiger partial charge is 0.366 e. The Kier molecular flexibility index (Phi) is 5.46. The molecular formula is C25H27ClN2O2. The summed E-state index contributed by atoms with van der Waals surface area (Å²) in [6.45, 7) is 9.96. The van der Waals surface area contributed by atoms with Gasteiger partial charge in [-0.15, -0.1) is 0 Å². The van der Waals surface area contributed by atoms with Crippen molar-refractivity contribution in [3.05, 3.63) is 69.9 Å². The molecule has 2 atom stereocenters. The van der Waals surface area contributed by atoms with E-state index in [4.69, 9.17) is 11.6 Å². The molecule has 2 aromatic carbocycles. The molecule has 0 spiro atoms. The van der Waals surface area contributed by atoms with Gasteiger partial charge in [0.15, 0.2) is 0 Å². The van der Waals surface area contributed by atoms with E-state index in [1.165, 1.54) is 4.90 Å². The van der Waals surface area contributed by atoms with Crippen LogP contribution in [0.1, 0.15) is 37.0 Å². The molecule has 2 aliphatic heterocycles. The lowest BCUT2D eigenvalue weighted by atomic mass is 9.91. The highest BCUT2D eigenvalue weighted by atomic mass is 35.5. The van der Waals surface area contributed by atoms with E-state index in [9.17, 15) is 9.59 Å². The van der Waals surface area contributed by atoms with Crippen LogP contribution in [0.3, 0.4) is 0 Å². The first-order valence-electron chi connectivity index (χ1n) is 10.5. The van der Waals surface area contributed by atoms with Crippen LogP contribution in [-0.4, -0.2) is 29.8 Å². The average molecular weight is 423 g/mol. The van der Waals surface area contributed by atoms with Crippen molar-refractivity contribution in [3.8, 4) is 0 Å². The quantitative estimate of drug-likeness (QED) is 0.637. The fourth-order valence-electron chi connectivity index (χ4n) is 4.63. The Hall–Kier alpha value is -2.59. The zero-order valence-electron chi connectivity index (χ0n) is 17.9. The Bertz CT molecular complexity index is 1030. The molecule has 156 valence electrons. The minimum Gasteiger partial charge on any atom is -0.366 e. The third kappa shape index (κ3) is 3.65. The van der Waals surface area contributed by atoms with E-state index in [1.807, 2.05) is 44.2 Å². The Morgan fingerprint density at radius 2 is 1.50 bits per heavy atom. The predicted octanol–water partition coefficient (Wildman–Crippen LogP) is 5.22. The number of rotatable bonds is 3. The van der Waals surface area contributed by atoms with Crippen molar-refractivity contribution in [2.75, 3.05) is 18.0 Å². The molecule has 0 saturated carbocycles. The maximum atomic E-state index is 13.7. The summed E-state index contributed by atoms with van der Waals surface area (Å²) in [5, 5.41) is 0.601. The van der Waals surface area contributed by atoms with Gasteiger partial charge in [0.1, 0.15) is 5.70 Å².